The van der Waals surface area contributed by atoms with Gasteiger partial charge in [0.1, 0.15) is 12.1 Å². The zero-order valence-corrected chi connectivity index (χ0v) is 13.2. The summed E-state index contributed by atoms with van der Waals surface area (Å²) in [6.45, 7) is 4.92. The number of amides is 2. The third-order valence-electron chi connectivity index (χ3n) is 4.16. The van der Waals surface area contributed by atoms with Gasteiger partial charge in [-0.15, -0.1) is 5.10 Å². The lowest BCUT2D eigenvalue weighted by Gasteiger charge is -2.32. The Morgan fingerprint density at radius 2 is 2.17 bits per heavy atom. The van der Waals surface area contributed by atoms with Crippen LogP contribution in [0.25, 0.3) is 0 Å². The number of rotatable bonds is 3. The molecule has 1 aliphatic heterocycles. The van der Waals surface area contributed by atoms with Gasteiger partial charge in [-0.2, -0.15) is 0 Å². The molecule has 2 amide bonds. The molecule has 122 valence electrons. The van der Waals surface area contributed by atoms with Crippen LogP contribution < -0.4 is 5.73 Å². The maximum atomic E-state index is 12.6. The maximum absolute atomic E-state index is 12.6. The van der Waals surface area contributed by atoms with Crippen molar-refractivity contribution >= 4 is 11.8 Å². The molecule has 0 bridgehead atoms. The fourth-order valence-corrected chi connectivity index (χ4v) is 2.75. The van der Waals surface area contributed by atoms with Crippen LogP contribution in [0.4, 0.5) is 0 Å². The number of primary amides is 1. The fourth-order valence-electron chi connectivity index (χ4n) is 2.75. The Hall–Kier alpha value is -2.64. The normalized spacial score (nSPS) is 18.2. The monoisotopic (exact) mass is 317 g/mol. The maximum Gasteiger partial charge on any atom is 0.289 e. The lowest BCUT2D eigenvalue weighted by Crippen LogP contribution is -2.40. The van der Waals surface area contributed by atoms with Crippen molar-refractivity contribution in [2.75, 3.05) is 13.1 Å². The van der Waals surface area contributed by atoms with Crippen LogP contribution in [0.15, 0.2) is 16.8 Å². The van der Waals surface area contributed by atoms with Crippen molar-refractivity contribution in [3.8, 4) is 0 Å². The molecule has 1 atom stereocenters. The highest BCUT2D eigenvalue weighted by molar-refractivity contribution is 5.92. The highest BCUT2D eigenvalue weighted by Crippen LogP contribution is 2.23. The number of hydrogen-bond acceptors (Lipinski definition) is 5. The zero-order valence-electron chi connectivity index (χ0n) is 13.2. The van der Waals surface area contributed by atoms with E-state index < -0.39 is 5.91 Å². The van der Waals surface area contributed by atoms with E-state index in [1.807, 2.05) is 13.8 Å². The molecule has 1 unspecified atom stereocenters. The molecule has 0 aromatic carbocycles. The molecule has 0 spiro atoms. The van der Waals surface area contributed by atoms with Gasteiger partial charge in [-0.3, -0.25) is 9.59 Å². The summed E-state index contributed by atoms with van der Waals surface area (Å²) < 4.78 is 7.13. The van der Waals surface area contributed by atoms with Crippen LogP contribution in [-0.4, -0.2) is 44.6 Å². The van der Waals surface area contributed by atoms with Gasteiger partial charge in [-0.05, 0) is 38.3 Å². The number of aromatic nitrogens is 3. The number of carbonyl (C=O) groups excluding carboxylic acids is 2. The van der Waals surface area contributed by atoms with E-state index in [0.29, 0.717) is 18.8 Å². The van der Waals surface area contributed by atoms with E-state index in [2.05, 4.69) is 10.1 Å². The summed E-state index contributed by atoms with van der Waals surface area (Å²) >= 11 is 0. The quantitative estimate of drug-likeness (QED) is 0.911. The minimum atomic E-state index is -0.658. The van der Waals surface area contributed by atoms with Crippen molar-refractivity contribution < 1.29 is 14.0 Å². The van der Waals surface area contributed by atoms with Crippen LogP contribution in [0.5, 0.6) is 0 Å². The molecule has 0 aliphatic carbocycles. The van der Waals surface area contributed by atoms with Crippen LogP contribution >= 0.6 is 0 Å². The minimum absolute atomic E-state index is 0.00858. The van der Waals surface area contributed by atoms with Crippen molar-refractivity contribution in [1.82, 2.24) is 19.7 Å². The second kappa shape index (κ2) is 5.86. The molecule has 3 rings (SSSR count). The second-order valence-corrected chi connectivity index (χ2v) is 5.81. The number of furan rings is 1. The van der Waals surface area contributed by atoms with Gasteiger partial charge in [-0.1, -0.05) is 0 Å². The number of piperidine rings is 1. The minimum Gasteiger partial charge on any atom is -0.456 e. The third kappa shape index (κ3) is 2.96. The van der Waals surface area contributed by atoms with Crippen LogP contribution in [0.2, 0.25) is 0 Å². The van der Waals surface area contributed by atoms with Crippen LogP contribution in [0.3, 0.4) is 0 Å². The average Bonchev–Trinajstić information content (AvgIpc) is 3.15. The number of hydrogen-bond donors (Lipinski definition) is 1. The van der Waals surface area contributed by atoms with Crippen molar-refractivity contribution in [2.45, 2.75) is 32.7 Å². The highest BCUT2D eigenvalue weighted by Gasteiger charge is 2.28. The molecular weight excluding hydrogens is 298 g/mol. The Morgan fingerprint density at radius 1 is 1.39 bits per heavy atom. The standard InChI is InChI=1S/C15H19N5O3/c1-9-6-12(23-10(9)2)15(22)19-5-3-4-11(7-19)20-8-17-14(18-20)13(16)21/h6,8,11H,3-5,7H2,1-2H3,(H2,16,21). The van der Waals surface area contributed by atoms with Crippen LogP contribution in [0.1, 0.15) is 51.4 Å². The smallest absolute Gasteiger partial charge is 0.289 e. The van der Waals surface area contributed by atoms with Crippen molar-refractivity contribution in [2.24, 2.45) is 5.73 Å². The summed E-state index contributed by atoms with van der Waals surface area (Å²) in [7, 11) is 0. The SMILES string of the molecule is Cc1cc(C(=O)N2CCCC(n3cnc(C(N)=O)n3)C2)oc1C. The number of nitrogens with two attached hydrogens (primary N) is 1. The van der Waals surface area contributed by atoms with Gasteiger partial charge < -0.3 is 15.1 Å². The second-order valence-electron chi connectivity index (χ2n) is 5.81. The Labute approximate surface area is 133 Å². The first-order chi connectivity index (χ1) is 11.0. The molecule has 8 nitrogen and oxygen atoms in total. The topological polar surface area (TPSA) is 107 Å². The molecule has 1 saturated heterocycles. The molecule has 2 aromatic heterocycles. The van der Waals surface area contributed by atoms with Gasteiger partial charge >= 0.3 is 0 Å². The predicted molar refractivity (Wildman–Crippen MR) is 80.9 cm³/mol. The summed E-state index contributed by atoms with van der Waals surface area (Å²) in [6.07, 6.45) is 3.20. The largest absolute Gasteiger partial charge is 0.456 e. The van der Waals surface area contributed by atoms with Gasteiger partial charge in [0.25, 0.3) is 11.8 Å². The fraction of sp³-hybridized carbons (Fsp3) is 0.467. The van der Waals surface area contributed by atoms with Crippen molar-refractivity contribution in [1.29, 1.82) is 0 Å². The zero-order chi connectivity index (χ0) is 16.6. The molecule has 23 heavy (non-hydrogen) atoms. The molecule has 0 saturated carbocycles. The molecule has 1 aliphatic rings. The number of carbonyl (C=O) groups is 2. The molecule has 1 fully saturated rings. The lowest BCUT2D eigenvalue weighted by molar-refractivity contribution is 0.0638. The summed E-state index contributed by atoms with van der Waals surface area (Å²) in [5, 5.41) is 4.09. The number of aryl methyl sites for hydroxylation is 2. The Bertz CT molecular complexity index is 729. The van der Waals surface area contributed by atoms with E-state index in [-0.39, 0.29) is 17.8 Å². The first-order valence-electron chi connectivity index (χ1n) is 7.53. The molecule has 2 N–H and O–H groups in total. The van der Waals surface area contributed by atoms with Crippen LogP contribution in [-0.2, 0) is 0 Å². The first kappa shape index (κ1) is 15.3. The van der Waals surface area contributed by atoms with E-state index >= 15 is 0 Å². The molecular formula is C15H19N5O3. The van der Waals surface area contributed by atoms with Gasteiger partial charge in [0, 0.05) is 13.1 Å². The first-order valence-corrected chi connectivity index (χ1v) is 7.53. The van der Waals surface area contributed by atoms with Gasteiger partial charge in [0.05, 0.1) is 6.04 Å². The van der Waals surface area contributed by atoms with E-state index in [0.717, 1.165) is 24.2 Å². The number of likely N-dealkylation sites (tertiary alicyclic amines) is 1. The van der Waals surface area contributed by atoms with Gasteiger partial charge in [0.15, 0.2) is 5.76 Å². The van der Waals surface area contributed by atoms with E-state index in [4.69, 9.17) is 10.2 Å². The summed E-state index contributed by atoms with van der Waals surface area (Å²) in [5.74, 6) is 0.322. The molecule has 0 radical (unpaired) electrons. The summed E-state index contributed by atoms with van der Waals surface area (Å²) in [4.78, 5) is 29.3. The average molecular weight is 317 g/mol. The Balaban J connectivity index is 1.74. The summed E-state index contributed by atoms with van der Waals surface area (Å²) in [6, 6.07) is 1.74. The molecule has 2 aromatic rings. The van der Waals surface area contributed by atoms with Crippen LogP contribution in [0, 0.1) is 13.8 Å². The third-order valence-corrected chi connectivity index (χ3v) is 4.16. The van der Waals surface area contributed by atoms with E-state index in [1.165, 1.54) is 6.33 Å². The van der Waals surface area contributed by atoms with E-state index in [9.17, 15) is 9.59 Å². The van der Waals surface area contributed by atoms with Crippen molar-refractivity contribution in [3.05, 3.63) is 35.3 Å². The number of nitrogens with zero attached hydrogens (tertiary/aromatic N) is 4. The lowest BCUT2D eigenvalue weighted by atomic mass is 10.1. The Morgan fingerprint density at radius 3 is 2.78 bits per heavy atom. The predicted octanol–water partition coefficient (Wildman–Crippen LogP) is 1.06. The molecule has 3 heterocycles. The summed E-state index contributed by atoms with van der Waals surface area (Å²) in [5.41, 5.74) is 6.13. The van der Waals surface area contributed by atoms with Crippen molar-refractivity contribution in [3.63, 3.8) is 0 Å². The Kier molecular flexibility index (Phi) is 3.89. The molecule has 8 heteroatoms. The van der Waals surface area contributed by atoms with Gasteiger partial charge in [0.2, 0.25) is 5.82 Å². The van der Waals surface area contributed by atoms with E-state index in [1.54, 1.807) is 15.6 Å². The highest BCUT2D eigenvalue weighted by atomic mass is 16.4. The van der Waals surface area contributed by atoms with Gasteiger partial charge in [-0.25, -0.2) is 9.67 Å².